The minimum atomic E-state index is -4.53. The molecule has 2 aromatic carbocycles. The number of hydrogen-bond acceptors (Lipinski definition) is 5. The normalized spacial score (nSPS) is 17.2. The molecule has 0 radical (unpaired) electrons. The molecule has 2 N–H and O–H groups in total. The molecule has 0 atom stereocenters. The maximum Gasteiger partial charge on any atom is 0.408 e. The van der Waals surface area contributed by atoms with Gasteiger partial charge in [0.15, 0.2) is 0 Å². The molecule has 3 heterocycles. The molecule has 5 aromatic rings. The van der Waals surface area contributed by atoms with Gasteiger partial charge in [-0.1, -0.05) is 30.3 Å². The Bertz CT molecular complexity index is 1900. The van der Waals surface area contributed by atoms with E-state index in [0.717, 1.165) is 28.6 Å². The van der Waals surface area contributed by atoms with Crippen molar-refractivity contribution in [3.05, 3.63) is 88.7 Å². The third kappa shape index (κ3) is 5.69. The quantitative estimate of drug-likeness (QED) is 0.285. The van der Waals surface area contributed by atoms with Crippen molar-refractivity contribution in [2.75, 3.05) is 7.05 Å². The number of nitrogens with zero attached hydrogens (tertiary/aromatic N) is 5. The number of imidazole rings is 1. The van der Waals surface area contributed by atoms with E-state index in [0.29, 0.717) is 36.0 Å². The summed E-state index contributed by atoms with van der Waals surface area (Å²) in [6.45, 7) is -0.881. The predicted molar refractivity (Wildman–Crippen MR) is 158 cm³/mol. The Morgan fingerprint density at radius 2 is 1.64 bits per heavy atom. The van der Waals surface area contributed by atoms with Gasteiger partial charge in [-0.05, 0) is 61.9 Å². The van der Waals surface area contributed by atoms with Crippen LogP contribution in [0.3, 0.4) is 0 Å². The first kappa shape index (κ1) is 29.1. The number of aromatic nitrogens is 5. The number of carbonyl (C=O) groups excluding carboxylic acids is 2. The van der Waals surface area contributed by atoms with Crippen molar-refractivity contribution in [3.8, 4) is 5.69 Å². The monoisotopic (exact) mass is 605 g/mol. The van der Waals surface area contributed by atoms with Crippen LogP contribution in [0.15, 0.2) is 71.7 Å². The molecule has 3 aromatic heterocycles. The molecule has 44 heavy (non-hydrogen) atoms. The Morgan fingerprint density at radius 3 is 2.32 bits per heavy atom. The highest BCUT2D eigenvalue weighted by molar-refractivity contribution is 6.05. The van der Waals surface area contributed by atoms with Crippen LogP contribution in [-0.2, 0) is 13.1 Å². The zero-order chi connectivity index (χ0) is 31.0. The minimum absolute atomic E-state index is 0.0998. The Kier molecular flexibility index (Phi) is 7.70. The molecule has 0 bridgehead atoms. The third-order valence-electron chi connectivity index (χ3n) is 8.11. The number of hydrogen-bond donors (Lipinski definition) is 2. The van der Waals surface area contributed by atoms with Gasteiger partial charge in [0.1, 0.15) is 17.9 Å². The molecule has 0 aliphatic heterocycles. The number of fused-ring (bicyclic) bond motifs is 2. The number of pyridine rings is 1. The fourth-order valence-corrected chi connectivity index (χ4v) is 6.02. The minimum Gasteiger partial charge on any atom is -0.354 e. The van der Waals surface area contributed by atoms with Crippen LogP contribution in [0, 0.1) is 5.92 Å². The van der Waals surface area contributed by atoms with E-state index in [1.807, 2.05) is 24.3 Å². The average molecular weight is 606 g/mol. The molecule has 1 aliphatic carbocycles. The number of alkyl halides is 3. The summed E-state index contributed by atoms with van der Waals surface area (Å²) in [6, 6.07) is 17.0. The number of benzene rings is 2. The van der Waals surface area contributed by atoms with Gasteiger partial charge in [0.2, 0.25) is 0 Å². The van der Waals surface area contributed by atoms with E-state index in [4.69, 9.17) is 0 Å². The zero-order valence-corrected chi connectivity index (χ0v) is 23.8. The summed E-state index contributed by atoms with van der Waals surface area (Å²) < 4.78 is 43.8. The van der Waals surface area contributed by atoms with E-state index < -0.39 is 18.6 Å². The lowest BCUT2D eigenvalue weighted by molar-refractivity contribution is -0.142. The van der Waals surface area contributed by atoms with E-state index in [1.165, 1.54) is 13.2 Å². The molecule has 228 valence electrons. The lowest BCUT2D eigenvalue weighted by Crippen LogP contribution is -2.40. The summed E-state index contributed by atoms with van der Waals surface area (Å²) in [5.41, 5.74) is 2.28. The second-order valence-electron chi connectivity index (χ2n) is 11.0. The Balaban J connectivity index is 1.17. The Morgan fingerprint density at radius 1 is 0.932 bits per heavy atom. The second-order valence-corrected chi connectivity index (χ2v) is 11.0. The molecular formula is C31H30F3N7O3. The van der Waals surface area contributed by atoms with E-state index in [1.54, 1.807) is 45.5 Å². The summed E-state index contributed by atoms with van der Waals surface area (Å²) in [4.78, 5) is 43.1. The summed E-state index contributed by atoms with van der Waals surface area (Å²) in [6.07, 6.45) is -0.327. The topological polar surface area (TPSA) is 116 Å². The number of halogens is 3. The van der Waals surface area contributed by atoms with Crippen molar-refractivity contribution in [1.29, 1.82) is 0 Å². The van der Waals surface area contributed by atoms with Crippen molar-refractivity contribution in [2.45, 2.75) is 51.0 Å². The number of nitrogens with one attached hydrogen (secondary N) is 2. The predicted octanol–water partition coefficient (Wildman–Crippen LogP) is 4.45. The lowest BCUT2D eigenvalue weighted by atomic mass is 9.86. The largest absolute Gasteiger partial charge is 0.408 e. The molecule has 0 saturated heterocycles. The fourth-order valence-electron chi connectivity index (χ4n) is 6.02. The van der Waals surface area contributed by atoms with Crippen LogP contribution in [0.4, 0.5) is 13.2 Å². The maximum atomic E-state index is 13.7. The number of carbonyl (C=O) groups is 2. The molecule has 1 fully saturated rings. The van der Waals surface area contributed by atoms with E-state index >= 15 is 0 Å². The van der Waals surface area contributed by atoms with Crippen LogP contribution in [0.5, 0.6) is 0 Å². The molecule has 13 heteroatoms. The van der Waals surface area contributed by atoms with Gasteiger partial charge in [-0.15, -0.1) is 0 Å². The van der Waals surface area contributed by atoms with E-state index in [2.05, 4.69) is 20.7 Å². The van der Waals surface area contributed by atoms with Crippen molar-refractivity contribution < 1.29 is 22.8 Å². The van der Waals surface area contributed by atoms with Crippen LogP contribution in [0.25, 0.3) is 27.6 Å². The molecule has 0 unspecified atom stereocenters. The Hall–Kier alpha value is -4.94. The molecular weight excluding hydrogens is 575 g/mol. The first-order valence-electron chi connectivity index (χ1n) is 14.3. The summed E-state index contributed by atoms with van der Waals surface area (Å²) in [7, 11) is 1.52. The number of para-hydroxylation sites is 2. The van der Waals surface area contributed by atoms with Gasteiger partial charge < -0.3 is 10.6 Å². The van der Waals surface area contributed by atoms with Crippen molar-refractivity contribution in [1.82, 2.24) is 34.5 Å². The van der Waals surface area contributed by atoms with Crippen molar-refractivity contribution >= 4 is 33.8 Å². The maximum absolute atomic E-state index is 13.7. The van der Waals surface area contributed by atoms with Gasteiger partial charge in [0, 0.05) is 25.0 Å². The molecule has 1 aliphatic rings. The van der Waals surface area contributed by atoms with Crippen molar-refractivity contribution in [2.24, 2.45) is 5.92 Å². The van der Waals surface area contributed by atoms with Crippen LogP contribution in [0.2, 0.25) is 0 Å². The van der Waals surface area contributed by atoms with Gasteiger partial charge in [-0.25, -0.2) is 14.5 Å². The molecule has 2 amide bonds. The van der Waals surface area contributed by atoms with E-state index in [-0.39, 0.29) is 34.9 Å². The van der Waals surface area contributed by atoms with Crippen molar-refractivity contribution in [3.63, 3.8) is 0 Å². The van der Waals surface area contributed by atoms with E-state index in [9.17, 15) is 27.6 Å². The average Bonchev–Trinajstić information content (AvgIpc) is 3.50. The highest BCUT2D eigenvalue weighted by Crippen LogP contribution is 2.29. The molecule has 0 spiro atoms. The molecule has 6 rings (SSSR count). The van der Waals surface area contributed by atoms with Gasteiger partial charge in [-0.3, -0.25) is 18.7 Å². The summed E-state index contributed by atoms with van der Waals surface area (Å²) in [5.74, 6) is -0.745. The summed E-state index contributed by atoms with van der Waals surface area (Å²) in [5, 5.41) is 9.86. The third-order valence-corrected chi connectivity index (χ3v) is 8.11. The lowest BCUT2D eigenvalue weighted by Gasteiger charge is -2.29. The second kappa shape index (κ2) is 11.6. The highest BCUT2D eigenvalue weighted by Gasteiger charge is 2.33. The van der Waals surface area contributed by atoms with Gasteiger partial charge in [0.25, 0.3) is 11.8 Å². The van der Waals surface area contributed by atoms with Crippen LogP contribution in [0.1, 0.15) is 46.7 Å². The molecule has 10 nitrogen and oxygen atoms in total. The van der Waals surface area contributed by atoms with Crippen LogP contribution >= 0.6 is 0 Å². The number of rotatable bonds is 7. The number of amides is 2. The van der Waals surface area contributed by atoms with Crippen LogP contribution in [-0.4, -0.2) is 55.0 Å². The van der Waals surface area contributed by atoms with Gasteiger partial charge in [0.05, 0.1) is 28.4 Å². The summed E-state index contributed by atoms with van der Waals surface area (Å²) >= 11 is 0. The SMILES string of the molecule is CNC(=O)c1ccc(-n2c(=O)n(C[C@H]3CC[C@H](NC(=O)c4c5ccccc5nn4CC(F)(F)F)CC3)c3ccccc32)cn1. The Labute approximate surface area is 249 Å². The van der Waals surface area contributed by atoms with Crippen LogP contribution < -0.4 is 16.3 Å². The van der Waals surface area contributed by atoms with Gasteiger partial charge in [-0.2, -0.15) is 18.3 Å². The first-order valence-corrected chi connectivity index (χ1v) is 14.3. The molecule has 1 saturated carbocycles. The smallest absolute Gasteiger partial charge is 0.354 e. The first-order chi connectivity index (χ1) is 21.1. The highest BCUT2D eigenvalue weighted by atomic mass is 19.4. The standard InChI is InChI=1S/C31H30F3N7O3/c1-35-28(42)24-15-14-21(16-36-24)41-26-9-5-4-8-25(26)39(30(41)44)17-19-10-12-20(13-11-19)37-29(43)27-22-6-2-3-7-23(22)38-40(27)18-31(32,33)34/h2-9,14-16,19-20H,10-13,17-18H2,1H3,(H,35,42)(H,37,43)/t19-,20-. The zero-order valence-electron chi connectivity index (χ0n) is 23.8. The van der Waals surface area contributed by atoms with Gasteiger partial charge >= 0.3 is 11.9 Å². The fraction of sp³-hybridized carbons (Fsp3) is 0.323.